The van der Waals surface area contributed by atoms with Gasteiger partial charge >= 0.3 is 0 Å². The molecule has 0 aliphatic carbocycles. The number of aromatic nitrogens is 2. The topological polar surface area (TPSA) is 51.0 Å². The summed E-state index contributed by atoms with van der Waals surface area (Å²) in [5.74, 6) is 1.29. The van der Waals surface area contributed by atoms with Crippen molar-refractivity contribution in [2.45, 2.75) is 13.5 Å². The highest BCUT2D eigenvalue weighted by Crippen LogP contribution is 2.23. The molecular weight excluding hydrogens is 198 g/mol. The zero-order valence-corrected chi connectivity index (χ0v) is 8.89. The first-order chi connectivity index (χ1) is 6.81. The first-order valence-corrected chi connectivity index (χ1v) is 5.26. The van der Waals surface area contributed by atoms with Crippen molar-refractivity contribution in [1.82, 2.24) is 15.5 Å². The number of hydrogen-bond acceptors (Lipinski definition) is 5. The van der Waals surface area contributed by atoms with Crippen molar-refractivity contribution in [3.63, 3.8) is 0 Å². The molecule has 0 atom stereocenters. The molecule has 5 heteroatoms. The highest BCUT2D eigenvalue weighted by Gasteiger charge is 2.10. The molecule has 0 radical (unpaired) electrons. The third-order valence-corrected chi connectivity index (χ3v) is 2.75. The molecule has 0 aliphatic heterocycles. The van der Waals surface area contributed by atoms with E-state index in [2.05, 4.69) is 20.8 Å². The molecule has 1 N–H and O–H groups in total. The van der Waals surface area contributed by atoms with Gasteiger partial charge in [0.25, 0.3) is 0 Å². The van der Waals surface area contributed by atoms with Gasteiger partial charge in [-0.1, -0.05) is 5.16 Å². The van der Waals surface area contributed by atoms with Crippen molar-refractivity contribution in [1.29, 1.82) is 0 Å². The van der Waals surface area contributed by atoms with E-state index in [1.807, 2.05) is 19.4 Å². The average Bonchev–Trinajstić information content (AvgIpc) is 2.74. The monoisotopic (exact) mass is 209 g/mol. The Morgan fingerprint density at radius 3 is 3.00 bits per heavy atom. The van der Waals surface area contributed by atoms with E-state index in [1.54, 1.807) is 11.3 Å². The maximum Gasteiger partial charge on any atom is 0.240 e. The molecule has 0 fully saturated rings. The zero-order valence-electron chi connectivity index (χ0n) is 8.07. The number of nitrogens with zero attached hydrogens (tertiary/aromatic N) is 2. The molecule has 0 unspecified atom stereocenters. The Labute approximate surface area is 86.0 Å². The number of nitrogens with one attached hydrogen (secondary N) is 1. The van der Waals surface area contributed by atoms with E-state index in [0.29, 0.717) is 18.3 Å². The summed E-state index contributed by atoms with van der Waals surface area (Å²) in [5, 5.41) is 11.0. The second-order valence-corrected chi connectivity index (χ2v) is 3.75. The third-order valence-electron chi connectivity index (χ3n) is 1.89. The first-order valence-electron chi connectivity index (χ1n) is 4.31. The molecule has 0 bridgehead atoms. The van der Waals surface area contributed by atoms with Crippen LogP contribution in [0, 0.1) is 6.92 Å². The van der Waals surface area contributed by atoms with Gasteiger partial charge in [-0.15, -0.1) is 0 Å². The largest absolute Gasteiger partial charge is 0.338 e. The molecule has 2 heterocycles. The van der Waals surface area contributed by atoms with Crippen molar-refractivity contribution in [3.8, 4) is 11.4 Å². The lowest BCUT2D eigenvalue weighted by molar-refractivity contribution is 0.372. The van der Waals surface area contributed by atoms with Crippen molar-refractivity contribution < 1.29 is 4.52 Å². The standard InChI is InChI=1S/C9H11N3OS/c1-6-4-14-5-7(6)9-11-8(3-10-2)13-12-9/h4-5,10H,3H2,1-2H3. The number of hydrogen-bond donors (Lipinski definition) is 1. The molecule has 2 rings (SSSR count). The van der Waals surface area contributed by atoms with Gasteiger partial charge in [0.2, 0.25) is 11.7 Å². The first kappa shape index (κ1) is 9.36. The Morgan fingerprint density at radius 2 is 2.36 bits per heavy atom. The van der Waals surface area contributed by atoms with E-state index < -0.39 is 0 Å². The van der Waals surface area contributed by atoms with Crippen LogP contribution in [0.5, 0.6) is 0 Å². The smallest absolute Gasteiger partial charge is 0.240 e. The number of aryl methyl sites for hydroxylation is 1. The van der Waals surface area contributed by atoms with Crippen LogP contribution in [0.4, 0.5) is 0 Å². The quantitative estimate of drug-likeness (QED) is 0.837. The fraction of sp³-hybridized carbons (Fsp3) is 0.333. The van der Waals surface area contributed by atoms with E-state index in [1.165, 1.54) is 5.56 Å². The molecular formula is C9H11N3OS. The summed E-state index contributed by atoms with van der Waals surface area (Å²) in [6, 6.07) is 0. The normalized spacial score (nSPS) is 10.7. The number of thiophene rings is 1. The fourth-order valence-corrected chi connectivity index (χ4v) is 2.00. The van der Waals surface area contributed by atoms with Gasteiger partial charge in [0.1, 0.15) is 0 Å². The van der Waals surface area contributed by atoms with E-state index >= 15 is 0 Å². The van der Waals surface area contributed by atoms with E-state index in [-0.39, 0.29) is 0 Å². The van der Waals surface area contributed by atoms with Crippen molar-refractivity contribution >= 4 is 11.3 Å². The Kier molecular flexibility index (Phi) is 2.60. The molecule has 14 heavy (non-hydrogen) atoms. The summed E-state index contributed by atoms with van der Waals surface area (Å²) >= 11 is 1.65. The Hall–Kier alpha value is -1.20. The minimum absolute atomic E-state index is 0.607. The fourth-order valence-electron chi connectivity index (χ4n) is 1.18. The molecule has 0 saturated carbocycles. The summed E-state index contributed by atoms with van der Waals surface area (Å²) in [6.07, 6.45) is 0. The highest BCUT2D eigenvalue weighted by atomic mass is 32.1. The maximum absolute atomic E-state index is 5.06. The Morgan fingerprint density at radius 1 is 1.50 bits per heavy atom. The third kappa shape index (κ3) is 1.69. The molecule has 4 nitrogen and oxygen atoms in total. The second kappa shape index (κ2) is 3.89. The summed E-state index contributed by atoms with van der Waals surface area (Å²) in [5.41, 5.74) is 2.24. The van der Waals surface area contributed by atoms with Gasteiger partial charge in [-0.05, 0) is 24.9 Å². The lowest BCUT2D eigenvalue weighted by Crippen LogP contribution is -2.04. The van der Waals surface area contributed by atoms with Crippen LogP contribution in [-0.2, 0) is 6.54 Å². The number of rotatable bonds is 3. The van der Waals surface area contributed by atoms with Gasteiger partial charge in [0, 0.05) is 10.9 Å². The van der Waals surface area contributed by atoms with Gasteiger partial charge in [0.15, 0.2) is 0 Å². The maximum atomic E-state index is 5.06. The molecule has 2 aromatic rings. The van der Waals surface area contributed by atoms with Crippen LogP contribution in [0.2, 0.25) is 0 Å². The van der Waals surface area contributed by atoms with E-state index in [0.717, 1.165) is 5.56 Å². The van der Waals surface area contributed by atoms with Gasteiger partial charge in [-0.3, -0.25) is 0 Å². The molecule has 2 aromatic heterocycles. The summed E-state index contributed by atoms with van der Waals surface area (Å²) in [7, 11) is 1.85. The van der Waals surface area contributed by atoms with Crippen molar-refractivity contribution in [2.24, 2.45) is 0 Å². The highest BCUT2D eigenvalue weighted by molar-refractivity contribution is 7.08. The van der Waals surface area contributed by atoms with Crippen LogP contribution in [0.3, 0.4) is 0 Å². The molecule has 0 aliphatic rings. The van der Waals surface area contributed by atoms with Crippen LogP contribution in [0.15, 0.2) is 15.3 Å². The molecule has 0 aromatic carbocycles. The molecule has 74 valence electrons. The van der Waals surface area contributed by atoms with E-state index in [4.69, 9.17) is 4.52 Å². The Balaban J connectivity index is 2.29. The van der Waals surface area contributed by atoms with Crippen LogP contribution >= 0.6 is 11.3 Å². The lowest BCUT2D eigenvalue weighted by Gasteiger charge is -1.89. The SMILES string of the molecule is CNCc1nc(-c2cscc2C)no1. The predicted octanol–water partition coefficient (Wildman–Crippen LogP) is 1.83. The molecule has 0 amide bonds. The van der Waals surface area contributed by atoms with Gasteiger partial charge in [-0.2, -0.15) is 16.3 Å². The van der Waals surface area contributed by atoms with Crippen LogP contribution in [0.1, 0.15) is 11.5 Å². The summed E-state index contributed by atoms with van der Waals surface area (Å²) in [6.45, 7) is 2.65. The summed E-state index contributed by atoms with van der Waals surface area (Å²) in [4.78, 5) is 4.27. The van der Waals surface area contributed by atoms with Crippen LogP contribution in [-0.4, -0.2) is 17.2 Å². The molecule has 0 saturated heterocycles. The van der Waals surface area contributed by atoms with Gasteiger partial charge in [-0.25, -0.2) is 0 Å². The summed E-state index contributed by atoms with van der Waals surface area (Å²) < 4.78 is 5.06. The van der Waals surface area contributed by atoms with Crippen molar-refractivity contribution in [3.05, 3.63) is 22.2 Å². The van der Waals surface area contributed by atoms with Crippen LogP contribution < -0.4 is 5.32 Å². The predicted molar refractivity (Wildman–Crippen MR) is 55.1 cm³/mol. The van der Waals surface area contributed by atoms with E-state index in [9.17, 15) is 0 Å². The average molecular weight is 209 g/mol. The lowest BCUT2D eigenvalue weighted by atomic mass is 10.2. The van der Waals surface area contributed by atoms with Gasteiger partial charge < -0.3 is 9.84 Å². The molecule has 0 spiro atoms. The van der Waals surface area contributed by atoms with Gasteiger partial charge in [0.05, 0.1) is 6.54 Å². The minimum Gasteiger partial charge on any atom is -0.338 e. The second-order valence-electron chi connectivity index (χ2n) is 3.01. The zero-order chi connectivity index (χ0) is 9.97. The van der Waals surface area contributed by atoms with Crippen molar-refractivity contribution in [2.75, 3.05) is 7.05 Å². The minimum atomic E-state index is 0.607. The van der Waals surface area contributed by atoms with Crippen LogP contribution in [0.25, 0.3) is 11.4 Å². The Bertz CT molecular complexity index is 421.